The highest BCUT2D eigenvalue weighted by Gasteiger charge is 2.70. The summed E-state index contributed by atoms with van der Waals surface area (Å²) < 4.78 is 56.6. The van der Waals surface area contributed by atoms with Gasteiger partial charge in [0.15, 0.2) is 20.2 Å². The van der Waals surface area contributed by atoms with Crippen LogP contribution in [0.15, 0.2) is 154 Å². The van der Waals surface area contributed by atoms with Gasteiger partial charge in [0.2, 0.25) is 0 Å². The van der Waals surface area contributed by atoms with Gasteiger partial charge in [0.1, 0.15) is 18.3 Å². The molecule has 7 rings (SSSR count). The summed E-state index contributed by atoms with van der Waals surface area (Å²) in [6.07, 6.45) is -1.28. The lowest BCUT2D eigenvalue weighted by Crippen LogP contribution is -2.69. The van der Waals surface area contributed by atoms with Crippen LogP contribution in [-0.4, -0.2) is 63.4 Å². The van der Waals surface area contributed by atoms with Crippen LogP contribution in [0.2, 0.25) is 0 Å². The molecule has 0 amide bonds. The molecule has 2 heterocycles. The average Bonchev–Trinajstić information content (AvgIpc) is 3.48. The second-order valence-electron chi connectivity index (χ2n) is 15.3. The Kier molecular flexibility index (Phi) is 11.8. The zero-order chi connectivity index (χ0) is 41.1. The fourth-order valence-electron chi connectivity index (χ4n) is 7.56. The maximum Gasteiger partial charge on any atom is 0.330 e. The van der Waals surface area contributed by atoms with Crippen molar-refractivity contribution in [2.24, 2.45) is 5.90 Å². The number of aromatic amines is 1. The summed E-state index contributed by atoms with van der Waals surface area (Å²) in [6, 6.07) is 40.4. The monoisotopic (exact) mass is 820 g/mol. The molecule has 12 nitrogen and oxygen atoms in total. The van der Waals surface area contributed by atoms with Gasteiger partial charge in [0.05, 0.1) is 23.7 Å². The van der Waals surface area contributed by atoms with Crippen LogP contribution in [0.25, 0.3) is 10.8 Å². The Hall–Kier alpha value is -5.03. The average molecular weight is 821 g/mol. The molecule has 301 valence electrons. The zero-order valence-electron chi connectivity index (χ0n) is 32.7. The van der Waals surface area contributed by atoms with E-state index in [1.807, 2.05) is 124 Å². The Morgan fingerprint density at radius 1 is 0.793 bits per heavy atom. The molecule has 1 saturated heterocycles. The SMILES string of the molecule is Cc1ccccc1S(=O)(=O)OC[C@]1(COC(C)(C)C)O[C@](n2ccc(=O)[nH]c2=O)([Si](c2ccccc2)c2ccccc2)[C@H](ON)[C@@H]1OCc1cccc2ccccc12. The first-order valence-electron chi connectivity index (χ1n) is 18.8. The topological polar surface area (TPSA) is 161 Å². The molecular formula is C44H46N3O9SSi. The van der Waals surface area contributed by atoms with Gasteiger partial charge in [-0.15, -0.1) is 0 Å². The van der Waals surface area contributed by atoms with Crippen molar-refractivity contribution < 1.29 is 31.6 Å². The zero-order valence-corrected chi connectivity index (χ0v) is 34.5. The number of hydrogen-bond donors (Lipinski definition) is 2. The number of nitrogens with two attached hydrogens (primary N) is 1. The summed E-state index contributed by atoms with van der Waals surface area (Å²) >= 11 is 0. The van der Waals surface area contributed by atoms with Crippen molar-refractivity contribution in [2.45, 2.75) is 68.0 Å². The van der Waals surface area contributed by atoms with Crippen LogP contribution < -0.4 is 27.5 Å². The second kappa shape index (κ2) is 16.7. The summed E-state index contributed by atoms with van der Waals surface area (Å²) in [7, 11) is -6.92. The van der Waals surface area contributed by atoms with Gasteiger partial charge in [0, 0.05) is 12.3 Å². The first-order chi connectivity index (χ1) is 27.8. The van der Waals surface area contributed by atoms with E-state index in [1.165, 1.54) is 22.9 Å². The smallest absolute Gasteiger partial charge is 0.330 e. The molecule has 0 bridgehead atoms. The molecule has 0 aliphatic carbocycles. The minimum atomic E-state index is -4.43. The number of hydrogen-bond acceptors (Lipinski definition) is 10. The molecule has 1 aliphatic rings. The lowest BCUT2D eigenvalue weighted by molar-refractivity contribution is -0.197. The molecule has 14 heteroatoms. The number of nitrogens with zero attached hydrogens (tertiary/aromatic N) is 1. The Morgan fingerprint density at radius 2 is 1.41 bits per heavy atom. The van der Waals surface area contributed by atoms with Crippen LogP contribution in [0.1, 0.15) is 31.9 Å². The molecule has 4 atom stereocenters. The minimum absolute atomic E-state index is 0.00754. The van der Waals surface area contributed by atoms with Crippen molar-refractivity contribution in [1.82, 2.24) is 9.55 Å². The van der Waals surface area contributed by atoms with Gasteiger partial charge < -0.3 is 14.2 Å². The van der Waals surface area contributed by atoms with E-state index in [-0.39, 0.29) is 18.1 Å². The van der Waals surface area contributed by atoms with E-state index in [9.17, 15) is 18.0 Å². The maximum absolute atomic E-state index is 14.3. The molecule has 0 unspecified atom stereocenters. The third-order valence-electron chi connectivity index (χ3n) is 10.2. The Morgan fingerprint density at radius 3 is 2.05 bits per heavy atom. The molecule has 0 spiro atoms. The first-order valence-corrected chi connectivity index (χ1v) is 21.7. The number of nitrogens with one attached hydrogen (secondary N) is 1. The van der Waals surface area contributed by atoms with E-state index in [0.717, 1.165) is 26.7 Å². The second-order valence-corrected chi connectivity index (χ2v) is 19.5. The van der Waals surface area contributed by atoms with Gasteiger partial charge in [0.25, 0.3) is 15.7 Å². The lowest BCUT2D eigenvalue weighted by atomic mass is 9.95. The van der Waals surface area contributed by atoms with Gasteiger partial charge in [-0.1, -0.05) is 132 Å². The van der Waals surface area contributed by atoms with Gasteiger partial charge in [-0.25, -0.2) is 10.7 Å². The Labute approximate surface area is 338 Å². The van der Waals surface area contributed by atoms with Crippen molar-refractivity contribution in [2.75, 3.05) is 13.2 Å². The van der Waals surface area contributed by atoms with E-state index in [0.29, 0.717) is 5.56 Å². The summed E-state index contributed by atoms with van der Waals surface area (Å²) in [5.41, 5.74) is -2.76. The first kappa shape index (κ1) is 41.1. The van der Waals surface area contributed by atoms with Crippen molar-refractivity contribution in [3.8, 4) is 0 Å². The van der Waals surface area contributed by atoms with Crippen molar-refractivity contribution in [3.05, 3.63) is 172 Å². The maximum atomic E-state index is 14.3. The fourth-order valence-corrected chi connectivity index (χ4v) is 12.2. The summed E-state index contributed by atoms with van der Waals surface area (Å²) in [5, 5.41) is 1.59. The summed E-state index contributed by atoms with van der Waals surface area (Å²) in [6.45, 7) is 6.30. The number of aromatic nitrogens is 2. The summed E-state index contributed by atoms with van der Waals surface area (Å²) in [4.78, 5) is 35.4. The van der Waals surface area contributed by atoms with E-state index in [1.54, 1.807) is 25.1 Å². The van der Waals surface area contributed by atoms with E-state index < -0.39 is 65.5 Å². The van der Waals surface area contributed by atoms with Crippen molar-refractivity contribution >= 4 is 40.1 Å². The van der Waals surface area contributed by atoms with Crippen LogP contribution >= 0.6 is 0 Å². The Bertz CT molecular complexity index is 2550. The van der Waals surface area contributed by atoms with Crippen molar-refractivity contribution in [3.63, 3.8) is 0 Å². The highest BCUT2D eigenvalue weighted by Crippen LogP contribution is 2.47. The fraction of sp³-hybridized carbons (Fsp3) is 0.273. The number of H-pyrrole nitrogens is 1. The van der Waals surface area contributed by atoms with Gasteiger partial charge >= 0.3 is 5.69 Å². The standard InChI is InChI=1S/C44H46N3O9SSi/c1-31-16-11-14-25-37(31)57(50,51)54-30-43(29-53-42(2,3)4)39(52-28-33-19-15-18-32-17-12-13-24-36(32)33)40(55-45)44(56-43,47-27-26-38(48)46-41(47)49)58(34-20-7-5-8-21-34)35-22-9-6-10-23-35/h5-27,39-40H,28-30,45H2,1-4H3,(H,46,48,49)/t39-,40+,43-,44-/m0/s1. The molecule has 1 fully saturated rings. The van der Waals surface area contributed by atoms with Crippen LogP contribution in [0.3, 0.4) is 0 Å². The van der Waals surface area contributed by atoms with Crippen molar-refractivity contribution in [1.29, 1.82) is 0 Å². The predicted molar refractivity (Wildman–Crippen MR) is 223 cm³/mol. The summed E-state index contributed by atoms with van der Waals surface area (Å²) in [5.74, 6) is 6.44. The van der Waals surface area contributed by atoms with E-state index in [4.69, 9.17) is 29.1 Å². The third-order valence-corrected chi connectivity index (χ3v) is 14.8. The molecule has 1 aromatic heterocycles. The molecule has 58 heavy (non-hydrogen) atoms. The van der Waals surface area contributed by atoms with Gasteiger partial charge in [-0.3, -0.25) is 23.4 Å². The molecular weight excluding hydrogens is 775 g/mol. The van der Waals surface area contributed by atoms with Crippen LogP contribution in [0, 0.1) is 6.92 Å². The predicted octanol–water partition coefficient (Wildman–Crippen LogP) is 4.33. The van der Waals surface area contributed by atoms with E-state index in [2.05, 4.69) is 4.98 Å². The normalized spacial score (nSPS) is 21.1. The van der Waals surface area contributed by atoms with Crippen LogP contribution in [-0.2, 0) is 45.3 Å². The number of aryl methyl sites for hydroxylation is 1. The lowest BCUT2D eigenvalue weighted by Gasteiger charge is -2.42. The molecule has 1 aliphatic heterocycles. The van der Waals surface area contributed by atoms with Gasteiger partial charge in [-0.2, -0.15) is 8.42 Å². The quantitative estimate of drug-likeness (QED) is 0.0920. The Balaban J connectivity index is 1.51. The molecule has 1 radical (unpaired) electrons. The highest BCUT2D eigenvalue weighted by molar-refractivity contribution is 7.86. The third kappa shape index (κ3) is 8.15. The number of rotatable bonds is 14. The number of fused-ring (bicyclic) bond motifs is 1. The number of ether oxygens (including phenoxy) is 3. The van der Waals surface area contributed by atoms with E-state index >= 15 is 0 Å². The minimum Gasteiger partial charge on any atom is -0.373 e. The molecule has 0 saturated carbocycles. The number of benzene rings is 5. The molecule has 6 aromatic rings. The largest absolute Gasteiger partial charge is 0.373 e. The molecule has 3 N–H and O–H groups in total. The van der Waals surface area contributed by atoms with Crippen LogP contribution in [0.4, 0.5) is 0 Å². The molecule has 5 aromatic carbocycles. The van der Waals surface area contributed by atoms with Crippen LogP contribution in [0.5, 0.6) is 0 Å². The van der Waals surface area contributed by atoms with Gasteiger partial charge in [-0.05, 0) is 55.7 Å². The highest BCUT2D eigenvalue weighted by atomic mass is 32.2.